The third-order valence-electron chi connectivity index (χ3n) is 4.79. The zero-order chi connectivity index (χ0) is 16.2. The van der Waals surface area contributed by atoms with Crippen LogP contribution in [-0.2, 0) is 6.42 Å². The molecule has 0 atom stereocenters. The van der Waals surface area contributed by atoms with Crippen molar-refractivity contribution in [2.75, 3.05) is 11.9 Å². The van der Waals surface area contributed by atoms with Gasteiger partial charge in [0.15, 0.2) is 11.6 Å². The van der Waals surface area contributed by atoms with Gasteiger partial charge < -0.3 is 10.1 Å². The highest BCUT2D eigenvalue weighted by atomic mass is 16.5. The van der Waals surface area contributed by atoms with Gasteiger partial charge in [-0.15, -0.1) is 0 Å². The number of hydrogen-bond donors (Lipinski definition) is 1. The maximum atomic E-state index is 5.79. The minimum atomic E-state index is 0.422. The molecular formula is C18H31N3O. The predicted octanol–water partition coefficient (Wildman–Crippen LogP) is 4.45. The van der Waals surface area contributed by atoms with Gasteiger partial charge in [0, 0.05) is 6.04 Å². The Morgan fingerprint density at radius 1 is 1.14 bits per heavy atom. The highest BCUT2D eigenvalue weighted by Gasteiger charge is 2.30. The van der Waals surface area contributed by atoms with Gasteiger partial charge in [-0.2, -0.15) is 0 Å². The summed E-state index contributed by atoms with van der Waals surface area (Å²) in [4.78, 5) is 8.76. The van der Waals surface area contributed by atoms with Crippen molar-refractivity contribution in [1.82, 2.24) is 9.97 Å². The molecule has 0 unspecified atom stereocenters. The molecule has 0 saturated heterocycles. The summed E-state index contributed by atoms with van der Waals surface area (Å²) in [6.45, 7) is 11.8. The Balaban J connectivity index is 2.03. The first-order valence-electron chi connectivity index (χ1n) is 8.68. The Morgan fingerprint density at radius 2 is 1.82 bits per heavy atom. The van der Waals surface area contributed by atoms with Crippen LogP contribution in [0.3, 0.4) is 0 Å². The second kappa shape index (κ2) is 7.30. The molecule has 124 valence electrons. The zero-order valence-electron chi connectivity index (χ0n) is 14.8. The Morgan fingerprint density at radius 3 is 2.36 bits per heavy atom. The van der Waals surface area contributed by atoms with Gasteiger partial charge in [-0.05, 0) is 50.4 Å². The summed E-state index contributed by atoms with van der Waals surface area (Å²) >= 11 is 0. The first-order chi connectivity index (χ1) is 10.5. The highest BCUT2D eigenvalue weighted by molar-refractivity contribution is 5.52. The number of ether oxygens (including phenoxy) is 1. The van der Waals surface area contributed by atoms with Crippen molar-refractivity contribution in [3.05, 3.63) is 12.0 Å². The van der Waals surface area contributed by atoms with Crippen molar-refractivity contribution in [1.29, 1.82) is 0 Å². The molecule has 1 heterocycles. The minimum absolute atomic E-state index is 0.422. The molecule has 0 aromatic carbocycles. The predicted molar refractivity (Wildman–Crippen MR) is 91.4 cm³/mol. The fraction of sp³-hybridized carbons (Fsp3) is 0.778. The molecule has 4 heteroatoms. The van der Waals surface area contributed by atoms with Crippen LogP contribution in [0.15, 0.2) is 6.33 Å². The molecule has 0 radical (unpaired) electrons. The van der Waals surface area contributed by atoms with E-state index in [1.54, 1.807) is 6.33 Å². The van der Waals surface area contributed by atoms with Gasteiger partial charge in [-0.25, -0.2) is 9.97 Å². The largest absolute Gasteiger partial charge is 0.488 e. The van der Waals surface area contributed by atoms with Crippen LogP contribution in [0.2, 0.25) is 0 Å². The summed E-state index contributed by atoms with van der Waals surface area (Å²) in [6, 6.07) is 0.498. The van der Waals surface area contributed by atoms with Gasteiger partial charge in [0.25, 0.3) is 0 Å². The number of aromatic nitrogens is 2. The Hall–Kier alpha value is -1.32. The summed E-state index contributed by atoms with van der Waals surface area (Å²) in [6.07, 6.45) is 7.50. The molecule has 1 fully saturated rings. The van der Waals surface area contributed by atoms with E-state index in [1.165, 1.54) is 25.7 Å². The molecular weight excluding hydrogens is 274 g/mol. The topological polar surface area (TPSA) is 47.0 Å². The first kappa shape index (κ1) is 17.0. The Labute approximate surface area is 135 Å². The Bertz CT molecular complexity index is 474. The van der Waals surface area contributed by atoms with Gasteiger partial charge in [0.05, 0.1) is 12.3 Å². The van der Waals surface area contributed by atoms with Gasteiger partial charge in [0.1, 0.15) is 6.33 Å². The summed E-state index contributed by atoms with van der Waals surface area (Å²) in [7, 11) is 0. The first-order valence-corrected chi connectivity index (χ1v) is 8.68. The highest BCUT2D eigenvalue weighted by Crippen LogP contribution is 2.39. The molecule has 0 spiro atoms. The van der Waals surface area contributed by atoms with Crippen LogP contribution in [0.5, 0.6) is 5.75 Å². The second-order valence-corrected chi connectivity index (χ2v) is 7.34. The summed E-state index contributed by atoms with van der Waals surface area (Å²) in [5.41, 5.74) is 1.41. The van der Waals surface area contributed by atoms with Crippen LogP contribution >= 0.6 is 0 Å². The normalized spacial score (nSPS) is 22.4. The van der Waals surface area contributed by atoms with E-state index >= 15 is 0 Å². The van der Waals surface area contributed by atoms with Crippen LogP contribution in [0.1, 0.15) is 66.0 Å². The molecule has 1 N–H and O–H groups in total. The average molecular weight is 305 g/mol. The van der Waals surface area contributed by atoms with Gasteiger partial charge >= 0.3 is 0 Å². The molecule has 1 aliphatic rings. The van der Waals surface area contributed by atoms with E-state index < -0.39 is 0 Å². The van der Waals surface area contributed by atoms with E-state index in [4.69, 9.17) is 4.74 Å². The fourth-order valence-corrected chi connectivity index (χ4v) is 3.36. The maximum Gasteiger partial charge on any atom is 0.183 e. The van der Waals surface area contributed by atoms with Crippen LogP contribution < -0.4 is 10.1 Å². The SMILES string of the molecule is CCOc1c(CC)ncnc1NC1CCC(C(C)(C)C)CC1. The van der Waals surface area contributed by atoms with Crippen molar-refractivity contribution < 1.29 is 4.74 Å². The molecule has 0 aliphatic heterocycles. The lowest BCUT2D eigenvalue weighted by atomic mass is 9.71. The van der Waals surface area contributed by atoms with E-state index in [2.05, 4.69) is 43.0 Å². The molecule has 22 heavy (non-hydrogen) atoms. The quantitative estimate of drug-likeness (QED) is 0.872. The molecule has 1 aromatic rings. The van der Waals surface area contributed by atoms with Gasteiger partial charge in [-0.3, -0.25) is 0 Å². The number of hydrogen-bond acceptors (Lipinski definition) is 4. The van der Waals surface area contributed by atoms with Crippen molar-refractivity contribution in [2.45, 2.75) is 72.8 Å². The van der Waals surface area contributed by atoms with E-state index in [9.17, 15) is 0 Å². The summed E-state index contributed by atoms with van der Waals surface area (Å²) in [5.74, 6) is 2.53. The number of nitrogens with one attached hydrogen (secondary N) is 1. The third kappa shape index (κ3) is 4.11. The van der Waals surface area contributed by atoms with E-state index in [1.807, 2.05) is 6.92 Å². The summed E-state index contributed by atoms with van der Waals surface area (Å²) < 4.78 is 5.79. The minimum Gasteiger partial charge on any atom is -0.488 e. The average Bonchev–Trinajstić information content (AvgIpc) is 2.49. The Kier molecular flexibility index (Phi) is 5.65. The van der Waals surface area contributed by atoms with Crippen LogP contribution in [0, 0.1) is 11.3 Å². The monoisotopic (exact) mass is 305 g/mol. The lowest BCUT2D eigenvalue weighted by molar-refractivity contribution is 0.173. The zero-order valence-corrected chi connectivity index (χ0v) is 14.8. The van der Waals surface area contributed by atoms with Crippen molar-refractivity contribution in [3.8, 4) is 5.75 Å². The maximum absolute atomic E-state index is 5.79. The molecule has 1 saturated carbocycles. The number of anilines is 1. The molecule has 2 rings (SSSR count). The smallest absolute Gasteiger partial charge is 0.183 e. The van der Waals surface area contributed by atoms with Crippen LogP contribution in [0.25, 0.3) is 0 Å². The molecule has 0 amide bonds. The third-order valence-corrected chi connectivity index (χ3v) is 4.79. The van der Waals surface area contributed by atoms with Crippen molar-refractivity contribution in [3.63, 3.8) is 0 Å². The van der Waals surface area contributed by atoms with Crippen LogP contribution in [-0.4, -0.2) is 22.6 Å². The number of nitrogens with zero attached hydrogens (tertiary/aromatic N) is 2. The standard InChI is InChI=1S/C18H31N3O/c1-6-15-16(22-7-2)17(20-12-19-15)21-14-10-8-13(9-11-14)18(3,4)5/h12-14H,6-11H2,1-5H3,(H,19,20,21). The molecule has 1 aromatic heterocycles. The summed E-state index contributed by atoms with van der Waals surface area (Å²) in [5, 5.41) is 3.60. The second-order valence-electron chi connectivity index (χ2n) is 7.34. The van der Waals surface area contributed by atoms with E-state index in [-0.39, 0.29) is 0 Å². The van der Waals surface area contributed by atoms with Gasteiger partial charge in [-0.1, -0.05) is 27.7 Å². The number of aryl methyl sites for hydroxylation is 1. The van der Waals surface area contributed by atoms with Crippen molar-refractivity contribution in [2.24, 2.45) is 11.3 Å². The molecule has 1 aliphatic carbocycles. The fourth-order valence-electron chi connectivity index (χ4n) is 3.36. The molecule has 4 nitrogen and oxygen atoms in total. The molecule has 0 bridgehead atoms. The van der Waals surface area contributed by atoms with E-state index in [0.29, 0.717) is 18.1 Å². The lowest BCUT2D eigenvalue weighted by Crippen LogP contribution is -2.32. The van der Waals surface area contributed by atoms with Gasteiger partial charge in [0.2, 0.25) is 0 Å². The van der Waals surface area contributed by atoms with E-state index in [0.717, 1.165) is 29.6 Å². The lowest BCUT2D eigenvalue weighted by Gasteiger charge is -2.37. The van der Waals surface area contributed by atoms with Crippen molar-refractivity contribution >= 4 is 5.82 Å². The number of rotatable bonds is 5. The van der Waals surface area contributed by atoms with Crippen LogP contribution in [0.4, 0.5) is 5.82 Å².